The van der Waals surface area contributed by atoms with Crippen molar-refractivity contribution in [2.75, 3.05) is 0 Å². The first-order chi connectivity index (χ1) is 8.16. The molecule has 0 atom stereocenters. The fraction of sp³-hybridized carbons (Fsp3) is 0.143. The van der Waals surface area contributed by atoms with Crippen molar-refractivity contribution in [3.63, 3.8) is 0 Å². The van der Waals surface area contributed by atoms with Gasteiger partial charge in [0.25, 0.3) is 0 Å². The minimum absolute atomic E-state index is 0.531. The van der Waals surface area contributed by atoms with Gasteiger partial charge in [-0.2, -0.15) is 0 Å². The van der Waals surface area contributed by atoms with E-state index in [0.717, 1.165) is 15.8 Å². The Morgan fingerprint density at radius 3 is 2.65 bits per heavy atom. The monoisotopic (exact) mass is 310 g/mol. The second-order valence-electron chi connectivity index (χ2n) is 3.79. The molecule has 0 fully saturated rings. The van der Waals surface area contributed by atoms with E-state index in [-0.39, 0.29) is 0 Å². The Labute approximate surface area is 115 Å². The molecular formula is C14H12BrClO. The Morgan fingerprint density at radius 2 is 1.94 bits per heavy atom. The Kier molecular flexibility index (Phi) is 4.08. The Hall–Kier alpha value is -0.990. The number of para-hydroxylation sites is 1. The average molecular weight is 312 g/mol. The van der Waals surface area contributed by atoms with E-state index in [1.165, 1.54) is 5.56 Å². The van der Waals surface area contributed by atoms with E-state index in [0.29, 0.717) is 11.6 Å². The number of halogens is 2. The zero-order valence-electron chi connectivity index (χ0n) is 9.41. The van der Waals surface area contributed by atoms with Gasteiger partial charge in [0.2, 0.25) is 0 Å². The maximum absolute atomic E-state index is 6.02. The largest absolute Gasteiger partial charge is 0.487 e. The molecule has 0 radical (unpaired) electrons. The molecule has 0 N–H and O–H groups in total. The van der Waals surface area contributed by atoms with Crippen molar-refractivity contribution in [3.8, 4) is 5.75 Å². The molecule has 0 spiro atoms. The van der Waals surface area contributed by atoms with Crippen LogP contribution in [0.4, 0.5) is 0 Å². The van der Waals surface area contributed by atoms with Gasteiger partial charge in [-0.05, 0) is 42.3 Å². The molecule has 0 bridgehead atoms. The lowest BCUT2D eigenvalue weighted by Gasteiger charge is -2.10. The fourth-order valence-corrected chi connectivity index (χ4v) is 2.20. The molecule has 88 valence electrons. The lowest BCUT2D eigenvalue weighted by atomic mass is 10.1. The molecule has 2 rings (SSSR count). The van der Waals surface area contributed by atoms with Crippen LogP contribution in [0.25, 0.3) is 0 Å². The van der Waals surface area contributed by atoms with Crippen LogP contribution in [0.1, 0.15) is 11.1 Å². The summed E-state index contributed by atoms with van der Waals surface area (Å²) in [6.45, 7) is 2.60. The molecule has 3 heteroatoms. The average Bonchev–Trinajstić information content (AvgIpc) is 2.30. The van der Waals surface area contributed by atoms with Crippen LogP contribution in [0.5, 0.6) is 5.75 Å². The first kappa shape index (κ1) is 12.5. The van der Waals surface area contributed by atoms with Crippen LogP contribution in [0.2, 0.25) is 5.02 Å². The van der Waals surface area contributed by atoms with Crippen molar-refractivity contribution in [2.45, 2.75) is 13.5 Å². The van der Waals surface area contributed by atoms with Gasteiger partial charge in [0.05, 0.1) is 5.02 Å². The molecule has 0 aliphatic heterocycles. The number of hydrogen-bond donors (Lipinski definition) is 0. The molecule has 2 aromatic carbocycles. The van der Waals surface area contributed by atoms with Gasteiger partial charge in [-0.25, -0.2) is 0 Å². The molecular weight excluding hydrogens is 300 g/mol. The summed E-state index contributed by atoms with van der Waals surface area (Å²) in [5.41, 5.74) is 2.36. The summed E-state index contributed by atoms with van der Waals surface area (Å²) < 4.78 is 6.78. The lowest BCUT2D eigenvalue weighted by molar-refractivity contribution is 0.305. The van der Waals surface area contributed by atoms with Gasteiger partial charge < -0.3 is 4.74 Å². The normalized spacial score (nSPS) is 10.3. The highest BCUT2D eigenvalue weighted by atomic mass is 79.9. The Morgan fingerprint density at radius 1 is 1.18 bits per heavy atom. The van der Waals surface area contributed by atoms with E-state index in [2.05, 4.69) is 35.0 Å². The van der Waals surface area contributed by atoms with Crippen LogP contribution in [-0.4, -0.2) is 0 Å². The van der Waals surface area contributed by atoms with Gasteiger partial charge in [0.15, 0.2) is 0 Å². The maximum atomic E-state index is 6.02. The van der Waals surface area contributed by atoms with E-state index in [1.807, 2.05) is 30.3 Å². The minimum atomic E-state index is 0.531. The molecule has 0 heterocycles. The summed E-state index contributed by atoms with van der Waals surface area (Å²) in [7, 11) is 0. The van der Waals surface area contributed by atoms with E-state index in [1.54, 1.807) is 0 Å². The molecule has 1 nitrogen and oxygen atoms in total. The third-order valence-electron chi connectivity index (χ3n) is 2.52. The highest BCUT2D eigenvalue weighted by Crippen LogP contribution is 2.25. The van der Waals surface area contributed by atoms with Gasteiger partial charge >= 0.3 is 0 Å². The number of hydrogen-bond acceptors (Lipinski definition) is 1. The fourth-order valence-electron chi connectivity index (χ4n) is 1.54. The summed E-state index contributed by atoms with van der Waals surface area (Å²) >= 11 is 9.46. The van der Waals surface area contributed by atoms with Crippen molar-refractivity contribution in [3.05, 3.63) is 63.1 Å². The summed E-state index contributed by atoms with van der Waals surface area (Å²) in [5.74, 6) is 0.719. The Bertz CT molecular complexity index is 525. The third-order valence-corrected chi connectivity index (χ3v) is 3.33. The first-order valence-corrected chi connectivity index (χ1v) is 6.46. The zero-order chi connectivity index (χ0) is 12.3. The quantitative estimate of drug-likeness (QED) is 0.776. The molecule has 17 heavy (non-hydrogen) atoms. The van der Waals surface area contributed by atoms with Crippen molar-refractivity contribution >= 4 is 27.5 Å². The van der Waals surface area contributed by atoms with E-state index in [9.17, 15) is 0 Å². The summed E-state index contributed by atoms with van der Waals surface area (Å²) in [4.78, 5) is 0. The number of benzene rings is 2. The predicted molar refractivity (Wildman–Crippen MR) is 74.7 cm³/mol. The predicted octanol–water partition coefficient (Wildman–Crippen LogP) is 4.99. The maximum Gasteiger partial charge on any atom is 0.138 e. The standard InChI is InChI=1S/C14H12BrClO/c1-10-8-12(15)7-6-11(10)9-17-14-5-3-2-4-13(14)16/h2-8H,9H2,1H3. The number of ether oxygens (including phenoxy) is 1. The smallest absolute Gasteiger partial charge is 0.138 e. The van der Waals surface area contributed by atoms with E-state index < -0.39 is 0 Å². The lowest BCUT2D eigenvalue weighted by Crippen LogP contribution is -1.98. The van der Waals surface area contributed by atoms with Gasteiger partial charge in [0.1, 0.15) is 12.4 Å². The minimum Gasteiger partial charge on any atom is -0.487 e. The van der Waals surface area contributed by atoms with E-state index in [4.69, 9.17) is 16.3 Å². The Balaban J connectivity index is 2.10. The van der Waals surface area contributed by atoms with Gasteiger partial charge in [-0.15, -0.1) is 0 Å². The zero-order valence-corrected chi connectivity index (χ0v) is 11.8. The molecule has 0 aliphatic rings. The van der Waals surface area contributed by atoms with Crippen LogP contribution in [0.15, 0.2) is 46.9 Å². The second-order valence-corrected chi connectivity index (χ2v) is 5.11. The van der Waals surface area contributed by atoms with Crippen molar-refractivity contribution < 1.29 is 4.74 Å². The molecule has 0 unspecified atom stereocenters. The highest BCUT2D eigenvalue weighted by Gasteiger charge is 2.03. The van der Waals surface area contributed by atoms with Crippen LogP contribution < -0.4 is 4.74 Å². The van der Waals surface area contributed by atoms with Crippen molar-refractivity contribution in [1.29, 1.82) is 0 Å². The number of rotatable bonds is 3. The van der Waals surface area contributed by atoms with Gasteiger partial charge in [-0.1, -0.05) is 45.7 Å². The van der Waals surface area contributed by atoms with E-state index >= 15 is 0 Å². The molecule has 0 amide bonds. The van der Waals surface area contributed by atoms with Crippen molar-refractivity contribution in [2.24, 2.45) is 0 Å². The molecule has 0 saturated carbocycles. The SMILES string of the molecule is Cc1cc(Br)ccc1COc1ccccc1Cl. The van der Waals surface area contributed by atoms with Gasteiger partial charge in [-0.3, -0.25) is 0 Å². The molecule has 0 saturated heterocycles. The van der Waals surface area contributed by atoms with Crippen LogP contribution in [0, 0.1) is 6.92 Å². The number of aryl methyl sites for hydroxylation is 1. The highest BCUT2D eigenvalue weighted by molar-refractivity contribution is 9.10. The topological polar surface area (TPSA) is 9.23 Å². The molecule has 0 aromatic heterocycles. The van der Waals surface area contributed by atoms with Crippen LogP contribution in [-0.2, 0) is 6.61 Å². The first-order valence-electron chi connectivity index (χ1n) is 5.29. The molecule has 2 aromatic rings. The van der Waals surface area contributed by atoms with Gasteiger partial charge in [0, 0.05) is 4.47 Å². The summed E-state index contributed by atoms with van der Waals surface area (Å²) in [5, 5.41) is 0.641. The second kappa shape index (κ2) is 5.56. The van der Waals surface area contributed by atoms with Crippen LogP contribution in [0.3, 0.4) is 0 Å². The molecule has 0 aliphatic carbocycles. The van der Waals surface area contributed by atoms with Crippen molar-refractivity contribution in [1.82, 2.24) is 0 Å². The van der Waals surface area contributed by atoms with Crippen LogP contribution >= 0.6 is 27.5 Å². The summed E-state index contributed by atoms with van der Waals surface area (Å²) in [6, 6.07) is 13.6. The third kappa shape index (κ3) is 3.24. The summed E-state index contributed by atoms with van der Waals surface area (Å²) in [6.07, 6.45) is 0.